The summed E-state index contributed by atoms with van der Waals surface area (Å²) in [5.41, 5.74) is -2.38. The highest BCUT2D eigenvalue weighted by atomic mass is 32.2. The summed E-state index contributed by atoms with van der Waals surface area (Å²) in [6, 6.07) is 2.45. The van der Waals surface area contributed by atoms with Gasteiger partial charge < -0.3 is 5.11 Å². The molecular weight excluding hydrogens is 416 g/mol. The summed E-state index contributed by atoms with van der Waals surface area (Å²) in [4.78, 5) is 14.2. The minimum atomic E-state index is -4.91. The Labute approximate surface area is 154 Å². The van der Waals surface area contributed by atoms with Gasteiger partial charge in [0.25, 0.3) is 0 Å². The second kappa shape index (κ2) is 7.78. The highest BCUT2D eigenvalue weighted by molar-refractivity contribution is 7.91. The number of benzene rings is 1. The van der Waals surface area contributed by atoms with Crippen molar-refractivity contribution in [3.05, 3.63) is 64.7 Å². The van der Waals surface area contributed by atoms with Crippen molar-refractivity contribution in [2.24, 2.45) is 0 Å². The third kappa shape index (κ3) is 4.80. The molecule has 1 heterocycles. The van der Waals surface area contributed by atoms with Crippen molar-refractivity contribution in [2.75, 3.05) is 5.75 Å². The summed E-state index contributed by atoms with van der Waals surface area (Å²) >= 11 is 0. The lowest BCUT2D eigenvalue weighted by molar-refractivity contribution is -0.129. The molecule has 1 aromatic carbocycles. The fraction of sp³-hybridized carbons (Fsp3) is 0.250. The third-order valence-electron chi connectivity index (χ3n) is 3.68. The normalized spacial score (nSPS) is 13.4. The molecule has 0 bridgehead atoms. The number of alkyl halides is 3. The van der Waals surface area contributed by atoms with E-state index in [-0.39, 0.29) is 0 Å². The van der Waals surface area contributed by atoms with Crippen molar-refractivity contribution in [1.29, 1.82) is 0 Å². The van der Waals surface area contributed by atoms with Crippen LogP contribution in [-0.4, -0.2) is 36.4 Å². The number of rotatable bonds is 6. The SMILES string of the molecule is O=C(O)c1ccc(C(c2c(F)ccc(F)c2F)S(=O)(=O)CCC(F)(F)F)cn1. The second-order valence-electron chi connectivity index (χ2n) is 5.65. The van der Waals surface area contributed by atoms with Crippen molar-refractivity contribution in [3.8, 4) is 0 Å². The van der Waals surface area contributed by atoms with E-state index in [4.69, 9.17) is 5.11 Å². The van der Waals surface area contributed by atoms with E-state index in [2.05, 4.69) is 4.98 Å². The molecule has 2 rings (SSSR count). The van der Waals surface area contributed by atoms with Gasteiger partial charge in [0.15, 0.2) is 21.5 Å². The number of hydrogen-bond acceptors (Lipinski definition) is 4. The first-order valence-electron chi connectivity index (χ1n) is 7.44. The van der Waals surface area contributed by atoms with Crippen LogP contribution in [0.2, 0.25) is 0 Å². The van der Waals surface area contributed by atoms with Crippen LogP contribution in [0.4, 0.5) is 26.3 Å². The van der Waals surface area contributed by atoms with E-state index in [1.54, 1.807) is 0 Å². The number of hydrogen-bond donors (Lipinski definition) is 1. The molecule has 5 nitrogen and oxygen atoms in total. The molecule has 152 valence electrons. The van der Waals surface area contributed by atoms with Gasteiger partial charge >= 0.3 is 12.1 Å². The Balaban J connectivity index is 2.66. The number of carboxylic acid groups (broad SMARTS) is 1. The summed E-state index contributed by atoms with van der Waals surface area (Å²) in [5.74, 6) is -8.02. The Kier molecular flexibility index (Phi) is 6.02. The van der Waals surface area contributed by atoms with Gasteiger partial charge in [0.1, 0.15) is 16.8 Å². The minimum absolute atomic E-state index is 0.388. The molecule has 0 fully saturated rings. The lowest BCUT2D eigenvalue weighted by atomic mass is 10.0. The molecule has 0 radical (unpaired) electrons. The van der Waals surface area contributed by atoms with Crippen molar-refractivity contribution in [3.63, 3.8) is 0 Å². The summed E-state index contributed by atoms with van der Waals surface area (Å²) in [6.45, 7) is 0. The highest BCUT2D eigenvalue weighted by Gasteiger charge is 2.38. The van der Waals surface area contributed by atoms with Gasteiger partial charge in [0.05, 0.1) is 12.2 Å². The van der Waals surface area contributed by atoms with Crippen LogP contribution in [0.1, 0.15) is 33.3 Å². The van der Waals surface area contributed by atoms with E-state index in [9.17, 15) is 39.6 Å². The standard InChI is InChI=1S/C16H11F6NO4S/c17-9-2-3-10(18)13(19)12(9)14(28(26,27)6-5-16(20,21)22)8-1-4-11(15(24)25)23-7-8/h1-4,7,14H,5-6H2,(H,24,25). The highest BCUT2D eigenvalue weighted by Crippen LogP contribution is 2.36. The van der Waals surface area contributed by atoms with Gasteiger partial charge in [-0.25, -0.2) is 31.4 Å². The number of sulfone groups is 1. The molecule has 1 atom stereocenters. The molecule has 0 saturated heterocycles. The first kappa shape index (κ1) is 21.7. The Hall–Kier alpha value is -2.63. The van der Waals surface area contributed by atoms with Gasteiger partial charge in [-0.15, -0.1) is 0 Å². The maximum absolute atomic E-state index is 14.2. The first-order chi connectivity index (χ1) is 12.8. The number of nitrogens with zero attached hydrogens (tertiary/aromatic N) is 1. The number of aromatic carboxylic acids is 1. The largest absolute Gasteiger partial charge is 0.477 e. The van der Waals surface area contributed by atoms with Gasteiger partial charge in [-0.05, 0) is 23.8 Å². The number of halogens is 6. The van der Waals surface area contributed by atoms with Crippen LogP contribution in [0.3, 0.4) is 0 Å². The molecule has 1 N–H and O–H groups in total. The number of aromatic nitrogens is 1. The van der Waals surface area contributed by atoms with Gasteiger partial charge in [-0.1, -0.05) is 6.07 Å². The monoisotopic (exact) mass is 427 g/mol. The molecule has 0 aliphatic heterocycles. The first-order valence-corrected chi connectivity index (χ1v) is 9.16. The van der Waals surface area contributed by atoms with Crippen LogP contribution in [0.5, 0.6) is 0 Å². The maximum atomic E-state index is 14.2. The lowest BCUT2D eigenvalue weighted by Gasteiger charge is -2.20. The van der Waals surface area contributed by atoms with Crippen molar-refractivity contribution in [2.45, 2.75) is 17.8 Å². The molecular formula is C16H11F6NO4S. The van der Waals surface area contributed by atoms with Gasteiger partial charge in [0, 0.05) is 11.8 Å². The van der Waals surface area contributed by atoms with Crippen molar-refractivity contribution < 1.29 is 44.7 Å². The van der Waals surface area contributed by atoms with E-state index in [1.807, 2.05) is 0 Å². The third-order valence-corrected chi connectivity index (χ3v) is 5.68. The lowest BCUT2D eigenvalue weighted by Crippen LogP contribution is -2.24. The molecule has 1 aromatic heterocycles. The second-order valence-corrected chi connectivity index (χ2v) is 7.86. The Bertz CT molecular complexity index is 989. The fourth-order valence-corrected chi connectivity index (χ4v) is 4.28. The Morgan fingerprint density at radius 2 is 1.68 bits per heavy atom. The summed E-state index contributed by atoms with van der Waals surface area (Å²) in [6.07, 6.45) is -6.03. The molecule has 0 spiro atoms. The van der Waals surface area contributed by atoms with Crippen LogP contribution in [0.25, 0.3) is 0 Å². The van der Waals surface area contributed by atoms with E-state index in [1.165, 1.54) is 0 Å². The van der Waals surface area contributed by atoms with Crippen molar-refractivity contribution >= 4 is 15.8 Å². The van der Waals surface area contributed by atoms with Gasteiger partial charge in [0.2, 0.25) is 0 Å². The van der Waals surface area contributed by atoms with Crippen LogP contribution >= 0.6 is 0 Å². The Morgan fingerprint density at radius 1 is 1.07 bits per heavy atom. The summed E-state index contributed by atoms with van der Waals surface area (Å²) in [5, 5.41) is 6.45. The van der Waals surface area contributed by atoms with E-state index >= 15 is 0 Å². The van der Waals surface area contributed by atoms with E-state index < -0.39 is 73.7 Å². The molecule has 12 heteroatoms. The molecule has 0 aliphatic rings. The predicted octanol–water partition coefficient (Wildman–Crippen LogP) is 3.65. The van der Waals surface area contributed by atoms with Crippen LogP contribution < -0.4 is 0 Å². The summed E-state index contributed by atoms with van der Waals surface area (Å²) < 4.78 is 104. The number of carboxylic acids is 1. The van der Waals surface area contributed by atoms with Gasteiger partial charge in [-0.3, -0.25) is 0 Å². The molecule has 0 amide bonds. The average Bonchev–Trinajstić information content (AvgIpc) is 2.60. The molecule has 2 aromatic rings. The minimum Gasteiger partial charge on any atom is -0.477 e. The molecule has 28 heavy (non-hydrogen) atoms. The zero-order valence-corrected chi connectivity index (χ0v) is 14.5. The van der Waals surface area contributed by atoms with Gasteiger partial charge in [-0.2, -0.15) is 13.2 Å². The molecule has 0 saturated carbocycles. The van der Waals surface area contributed by atoms with Crippen LogP contribution in [0, 0.1) is 17.5 Å². The quantitative estimate of drug-likeness (QED) is 0.562. The van der Waals surface area contributed by atoms with E-state index in [0.717, 1.165) is 12.1 Å². The molecule has 1 unspecified atom stereocenters. The summed E-state index contributed by atoms with van der Waals surface area (Å²) in [7, 11) is -4.91. The van der Waals surface area contributed by atoms with Crippen LogP contribution in [-0.2, 0) is 9.84 Å². The maximum Gasteiger partial charge on any atom is 0.390 e. The topological polar surface area (TPSA) is 84.3 Å². The van der Waals surface area contributed by atoms with Crippen LogP contribution in [0.15, 0.2) is 30.5 Å². The number of carbonyl (C=O) groups is 1. The fourth-order valence-electron chi connectivity index (χ4n) is 2.40. The zero-order chi connectivity index (χ0) is 21.3. The zero-order valence-electron chi connectivity index (χ0n) is 13.7. The molecule has 0 aliphatic carbocycles. The smallest absolute Gasteiger partial charge is 0.390 e. The average molecular weight is 427 g/mol. The predicted molar refractivity (Wildman–Crippen MR) is 83.8 cm³/mol. The number of pyridine rings is 1. The Morgan fingerprint density at radius 3 is 2.18 bits per heavy atom. The van der Waals surface area contributed by atoms with Crippen molar-refractivity contribution in [1.82, 2.24) is 4.98 Å². The van der Waals surface area contributed by atoms with E-state index in [0.29, 0.717) is 18.3 Å².